The quantitative estimate of drug-likeness (QED) is 0.432. The number of benzene rings is 3. The molecule has 4 N–H and O–H groups in total. The summed E-state index contributed by atoms with van der Waals surface area (Å²) < 4.78 is 0. The highest BCUT2D eigenvalue weighted by molar-refractivity contribution is 5.70. The fourth-order valence-corrected chi connectivity index (χ4v) is 2.68. The summed E-state index contributed by atoms with van der Waals surface area (Å²) in [6.45, 7) is 0. The monoisotopic (exact) mass is 373 g/mol. The van der Waals surface area contributed by atoms with Gasteiger partial charge in [-0.1, -0.05) is 0 Å². The average molecular weight is 373 g/mol. The first-order valence-corrected chi connectivity index (χ1v) is 8.37. The van der Waals surface area contributed by atoms with Crippen molar-refractivity contribution in [1.82, 2.24) is 15.0 Å². The summed E-state index contributed by atoms with van der Waals surface area (Å²) >= 11 is 0. The van der Waals surface area contributed by atoms with E-state index in [4.69, 9.17) is 0 Å². The van der Waals surface area contributed by atoms with E-state index in [0.717, 1.165) is 0 Å². The van der Waals surface area contributed by atoms with E-state index in [1.165, 1.54) is 42.5 Å². The molecule has 0 unspecified atom stereocenters. The Bertz CT molecular complexity index is 1080. The van der Waals surface area contributed by atoms with Gasteiger partial charge in [0.15, 0.2) is 17.5 Å². The molecule has 7 heteroatoms. The molecule has 0 radical (unpaired) electrons. The number of hydrogen-bond donors (Lipinski definition) is 4. The Morgan fingerprint density at radius 1 is 0.464 bits per heavy atom. The first-order chi connectivity index (χ1) is 13.5. The number of rotatable bonds is 3. The van der Waals surface area contributed by atoms with Crippen LogP contribution >= 0.6 is 0 Å². The van der Waals surface area contributed by atoms with Crippen LogP contribution in [0.4, 0.5) is 0 Å². The maximum absolute atomic E-state index is 10.2. The van der Waals surface area contributed by atoms with E-state index in [0.29, 0.717) is 28.3 Å². The van der Waals surface area contributed by atoms with Gasteiger partial charge in [0.2, 0.25) is 0 Å². The van der Waals surface area contributed by atoms with Crippen LogP contribution in [0.5, 0.6) is 23.0 Å². The minimum Gasteiger partial charge on any atom is -0.508 e. The fourth-order valence-electron chi connectivity index (χ4n) is 2.68. The van der Waals surface area contributed by atoms with E-state index in [1.807, 2.05) is 0 Å². The molecular weight excluding hydrogens is 358 g/mol. The third-order valence-electron chi connectivity index (χ3n) is 4.11. The van der Waals surface area contributed by atoms with Crippen LogP contribution in [0.2, 0.25) is 0 Å². The minimum absolute atomic E-state index is 0.0761. The zero-order valence-electron chi connectivity index (χ0n) is 14.5. The van der Waals surface area contributed by atoms with Crippen LogP contribution in [-0.2, 0) is 0 Å². The maximum atomic E-state index is 10.2. The molecule has 3 aromatic carbocycles. The molecule has 0 aliphatic rings. The van der Waals surface area contributed by atoms with Crippen LogP contribution in [0.25, 0.3) is 34.2 Å². The van der Waals surface area contributed by atoms with Crippen molar-refractivity contribution >= 4 is 0 Å². The first kappa shape index (κ1) is 17.3. The van der Waals surface area contributed by atoms with E-state index < -0.39 is 0 Å². The summed E-state index contributed by atoms with van der Waals surface area (Å²) in [6.07, 6.45) is 0. The molecule has 1 heterocycles. The molecule has 0 atom stereocenters. The summed E-state index contributed by atoms with van der Waals surface area (Å²) in [4.78, 5) is 13.4. The third kappa shape index (κ3) is 3.41. The number of aromatic hydroxyl groups is 4. The zero-order valence-corrected chi connectivity index (χ0v) is 14.5. The molecule has 1 aromatic heterocycles. The summed E-state index contributed by atoms with van der Waals surface area (Å²) in [5, 5.41) is 38.8. The van der Waals surface area contributed by atoms with Gasteiger partial charge in [0, 0.05) is 17.2 Å². The Hall–Kier alpha value is -4.13. The Balaban J connectivity index is 1.92. The Labute approximate surface area is 159 Å². The van der Waals surface area contributed by atoms with Gasteiger partial charge >= 0.3 is 0 Å². The van der Waals surface area contributed by atoms with Crippen LogP contribution in [0.15, 0.2) is 66.7 Å². The number of nitrogens with zero attached hydrogens (tertiary/aromatic N) is 3. The third-order valence-corrected chi connectivity index (χ3v) is 4.11. The number of aromatic nitrogens is 3. The lowest BCUT2D eigenvalue weighted by Crippen LogP contribution is -2.00. The van der Waals surface area contributed by atoms with Gasteiger partial charge in [-0.15, -0.1) is 0 Å². The lowest BCUT2D eigenvalue weighted by molar-refractivity contribution is 0.451. The average Bonchev–Trinajstić information content (AvgIpc) is 2.69. The fraction of sp³-hybridized carbons (Fsp3) is 0. The smallest absolute Gasteiger partial charge is 0.167 e. The highest BCUT2D eigenvalue weighted by Gasteiger charge is 2.15. The molecule has 0 saturated heterocycles. The lowest BCUT2D eigenvalue weighted by atomic mass is 10.1. The highest BCUT2D eigenvalue weighted by atomic mass is 16.3. The molecule has 0 spiro atoms. The molecule has 0 amide bonds. The molecule has 4 rings (SSSR count). The lowest BCUT2D eigenvalue weighted by Gasteiger charge is -2.09. The van der Waals surface area contributed by atoms with Crippen molar-refractivity contribution in [3.05, 3.63) is 66.7 Å². The normalized spacial score (nSPS) is 10.7. The standard InChI is InChI=1S/C21H15N3O4/c25-14-5-1-12(2-6-14)19-22-20(13-3-7-15(26)8-4-13)24-21(23-19)17-10-9-16(27)11-18(17)28/h1-11,25-28H. The molecule has 0 fully saturated rings. The Kier molecular flexibility index (Phi) is 4.25. The van der Waals surface area contributed by atoms with E-state index in [2.05, 4.69) is 15.0 Å². The van der Waals surface area contributed by atoms with E-state index in [-0.39, 0.29) is 28.8 Å². The van der Waals surface area contributed by atoms with Crippen LogP contribution in [0.1, 0.15) is 0 Å². The van der Waals surface area contributed by atoms with Crippen molar-refractivity contribution in [2.45, 2.75) is 0 Å². The van der Waals surface area contributed by atoms with Gasteiger partial charge in [0.25, 0.3) is 0 Å². The maximum Gasteiger partial charge on any atom is 0.167 e. The molecule has 28 heavy (non-hydrogen) atoms. The van der Waals surface area contributed by atoms with Crippen LogP contribution in [0.3, 0.4) is 0 Å². The van der Waals surface area contributed by atoms with Gasteiger partial charge in [0.05, 0.1) is 5.56 Å². The van der Waals surface area contributed by atoms with Crippen molar-refractivity contribution in [1.29, 1.82) is 0 Å². The molecule has 0 aliphatic carbocycles. The van der Waals surface area contributed by atoms with E-state index in [1.54, 1.807) is 24.3 Å². The molecule has 0 saturated carbocycles. The van der Waals surface area contributed by atoms with Crippen molar-refractivity contribution in [3.8, 4) is 57.2 Å². The number of hydrogen-bond acceptors (Lipinski definition) is 7. The van der Waals surface area contributed by atoms with Gasteiger partial charge in [-0.2, -0.15) is 0 Å². The van der Waals surface area contributed by atoms with Gasteiger partial charge < -0.3 is 20.4 Å². The summed E-state index contributed by atoms with van der Waals surface area (Å²) in [5.41, 5.74) is 1.64. The molecule has 0 aliphatic heterocycles. The second-order valence-corrected chi connectivity index (χ2v) is 6.10. The minimum atomic E-state index is -0.167. The van der Waals surface area contributed by atoms with Gasteiger partial charge in [0.1, 0.15) is 23.0 Å². The Morgan fingerprint density at radius 2 is 0.893 bits per heavy atom. The topological polar surface area (TPSA) is 120 Å². The summed E-state index contributed by atoms with van der Waals surface area (Å²) in [7, 11) is 0. The van der Waals surface area contributed by atoms with Crippen molar-refractivity contribution in [3.63, 3.8) is 0 Å². The molecule has 0 bridgehead atoms. The first-order valence-electron chi connectivity index (χ1n) is 8.37. The van der Waals surface area contributed by atoms with Gasteiger partial charge in [-0.25, -0.2) is 15.0 Å². The van der Waals surface area contributed by atoms with Crippen LogP contribution in [0, 0.1) is 0 Å². The molecule has 138 valence electrons. The number of phenolic OH excluding ortho intramolecular Hbond substituents is 4. The summed E-state index contributed by atoms with van der Waals surface area (Å²) in [5.74, 6) is 0.910. The van der Waals surface area contributed by atoms with E-state index >= 15 is 0 Å². The molecular formula is C21H15N3O4. The van der Waals surface area contributed by atoms with Crippen LogP contribution < -0.4 is 0 Å². The number of phenols is 4. The van der Waals surface area contributed by atoms with Crippen molar-refractivity contribution in [2.75, 3.05) is 0 Å². The largest absolute Gasteiger partial charge is 0.508 e. The van der Waals surface area contributed by atoms with Gasteiger partial charge in [-0.05, 0) is 60.7 Å². The SMILES string of the molecule is Oc1ccc(-c2nc(-c3ccc(O)cc3)nc(-c3ccc(O)cc3O)n2)cc1. The van der Waals surface area contributed by atoms with Crippen molar-refractivity contribution < 1.29 is 20.4 Å². The highest BCUT2D eigenvalue weighted by Crippen LogP contribution is 2.32. The van der Waals surface area contributed by atoms with Crippen molar-refractivity contribution in [2.24, 2.45) is 0 Å². The molecule has 7 nitrogen and oxygen atoms in total. The van der Waals surface area contributed by atoms with E-state index in [9.17, 15) is 20.4 Å². The van der Waals surface area contributed by atoms with Crippen LogP contribution in [-0.4, -0.2) is 35.4 Å². The predicted octanol–water partition coefficient (Wildman–Crippen LogP) is 3.70. The zero-order chi connectivity index (χ0) is 19.7. The Morgan fingerprint density at radius 3 is 1.36 bits per heavy atom. The second kappa shape index (κ2) is 6.88. The molecule has 4 aromatic rings. The summed E-state index contributed by atoms with van der Waals surface area (Å²) in [6, 6.07) is 16.9. The second-order valence-electron chi connectivity index (χ2n) is 6.10. The predicted molar refractivity (Wildman–Crippen MR) is 103 cm³/mol. The van der Waals surface area contributed by atoms with Gasteiger partial charge in [-0.3, -0.25) is 0 Å².